The number of hydrogen-bond donors (Lipinski definition) is 0. The summed E-state index contributed by atoms with van der Waals surface area (Å²) in [6.45, 7) is 5.61. The van der Waals surface area contributed by atoms with Gasteiger partial charge in [0.05, 0.1) is 11.8 Å². The number of benzene rings is 1. The highest BCUT2D eigenvalue weighted by atomic mass is 32.1. The maximum absolute atomic E-state index is 13.2. The highest BCUT2D eigenvalue weighted by Crippen LogP contribution is 2.33. The van der Waals surface area contributed by atoms with Crippen molar-refractivity contribution in [2.75, 3.05) is 0 Å². The first-order valence-corrected chi connectivity index (χ1v) is 6.41. The van der Waals surface area contributed by atoms with Crippen LogP contribution in [-0.2, 0) is 5.41 Å². The van der Waals surface area contributed by atoms with E-state index in [1.807, 2.05) is 26.8 Å². The first kappa shape index (κ1) is 12.7. The van der Waals surface area contributed by atoms with Gasteiger partial charge in [-0.15, -0.1) is 11.3 Å². The fourth-order valence-corrected chi connectivity index (χ4v) is 2.60. The Kier molecular flexibility index (Phi) is 3.18. The molecule has 0 atom stereocenters. The summed E-state index contributed by atoms with van der Waals surface area (Å²) in [6, 6.07) is 8.60. The van der Waals surface area contributed by atoms with Gasteiger partial charge in [-0.05, 0) is 32.9 Å². The van der Waals surface area contributed by atoms with E-state index in [0.717, 1.165) is 21.1 Å². The number of aryl methyl sites for hydroxylation is 1. The molecular weight excluding hydrogens is 247 g/mol. The van der Waals surface area contributed by atoms with Gasteiger partial charge in [-0.25, -0.2) is 9.37 Å². The van der Waals surface area contributed by atoms with Crippen LogP contribution >= 0.6 is 11.3 Å². The SMILES string of the molecule is Cc1sc(C(C)(C)C#N)nc1-c1cccc(F)c1. The third kappa shape index (κ3) is 2.27. The lowest BCUT2D eigenvalue weighted by molar-refractivity contribution is 0.628. The summed E-state index contributed by atoms with van der Waals surface area (Å²) in [5.41, 5.74) is 0.905. The minimum absolute atomic E-state index is 0.277. The molecule has 2 nitrogen and oxygen atoms in total. The molecule has 0 spiro atoms. The average Bonchev–Trinajstić information content (AvgIpc) is 2.72. The van der Waals surface area contributed by atoms with E-state index in [1.54, 1.807) is 6.07 Å². The van der Waals surface area contributed by atoms with Crippen molar-refractivity contribution >= 4 is 11.3 Å². The Balaban J connectivity index is 2.52. The summed E-state index contributed by atoms with van der Waals surface area (Å²) in [6.07, 6.45) is 0. The largest absolute Gasteiger partial charge is 0.239 e. The molecule has 0 N–H and O–H groups in total. The van der Waals surface area contributed by atoms with Gasteiger partial charge in [0, 0.05) is 10.4 Å². The summed E-state index contributed by atoms with van der Waals surface area (Å²) >= 11 is 1.49. The van der Waals surface area contributed by atoms with Crippen molar-refractivity contribution in [1.29, 1.82) is 5.26 Å². The molecule has 0 amide bonds. The Morgan fingerprint density at radius 1 is 1.39 bits per heavy atom. The van der Waals surface area contributed by atoms with Crippen LogP contribution in [0, 0.1) is 24.1 Å². The second-order valence-corrected chi connectivity index (χ2v) is 5.87. The summed E-state index contributed by atoms with van der Waals surface area (Å²) in [4.78, 5) is 5.49. The molecule has 0 radical (unpaired) electrons. The average molecular weight is 260 g/mol. The van der Waals surface area contributed by atoms with E-state index >= 15 is 0 Å². The maximum atomic E-state index is 13.2. The van der Waals surface area contributed by atoms with Gasteiger partial charge in [-0.1, -0.05) is 12.1 Å². The Morgan fingerprint density at radius 2 is 2.11 bits per heavy atom. The van der Waals surface area contributed by atoms with E-state index in [1.165, 1.54) is 23.5 Å². The summed E-state index contributed by atoms with van der Waals surface area (Å²) in [5.74, 6) is -0.277. The van der Waals surface area contributed by atoms with Crippen LogP contribution in [0.4, 0.5) is 4.39 Å². The molecule has 0 fully saturated rings. The molecule has 0 aliphatic carbocycles. The summed E-state index contributed by atoms with van der Waals surface area (Å²) < 4.78 is 13.2. The fourth-order valence-electron chi connectivity index (χ4n) is 1.62. The first-order chi connectivity index (χ1) is 8.44. The molecule has 0 aliphatic heterocycles. The van der Waals surface area contributed by atoms with E-state index in [0.29, 0.717) is 0 Å². The van der Waals surface area contributed by atoms with Crippen LogP contribution in [0.2, 0.25) is 0 Å². The Hall–Kier alpha value is -1.73. The number of thiazole rings is 1. The quantitative estimate of drug-likeness (QED) is 0.816. The molecule has 0 unspecified atom stereocenters. The number of nitriles is 1. The van der Waals surface area contributed by atoms with Gasteiger partial charge < -0.3 is 0 Å². The van der Waals surface area contributed by atoms with Gasteiger partial charge >= 0.3 is 0 Å². The molecular formula is C14H13FN2S. The minimum Gasteiger partial charge on any atom is -0.239 e. The van der Waals surface area contributed by atoms with Crippen molar-refractivity contribution in [2.24, 2.45) is 0 Å². The number of halogens is 1. The van der Waals surface area contributed by atoms with Gasteiger partial charge in [0.15, 0.2) is 0 Å². The van der Waals surface area contributed by atoms with Crippen LogP contribution in [-0.4, -0.2) is 4.98 Å². The Morgan fingerprint density at radius 3 is 2.72 bits per heavy atom. The highest BCUT2D eigenvalue weighted by Gasteiger charge is 2.25. The maximum Gasteiger partial charge on any atom is 0.123 e. The van der Waals surface area contributed by atoms with Crippen LogP contribution in [0.1, 0.15) is 23.7 Å². The molecule has 0 saturated carbocycles. The predicted molar refractivity (Wildman–Crippen MR) is 70.9 cm³/mol. The van der Waals surface area contributed by atoms with Crippen molar-refractivity contribution in [3.63, 3.8) is 0 Å². The lowest BCUT2D eigenvalue weighted by Gasteiger charge is -2.09. The van der Waals surface area contributed by atoms with Crippen LogP contribution in [0.15, 0.2) is 24.3 Å². The molecule has 2 rings (SSSR count). The predicted octanol–water partition coefficient (Wildman–Crippen LogP) is 4.06. The number of rotatable bonds is 2. The number of hydrogen-bond acceptors (Lipinski definition) is 3. The molecule has 2 aromatic rings. The lowest BCUT2D eigenvalue weighted by Crippen LogP contribution is -2.13. The van der Waals surface area contributed by atoms with Crippen molar-refractivity contribution in [2.45, 2.75) is 26.2 Å². The van der Waals surface area contributed by atoms with Gasteiger partial charge in [0.25, 0.3) is 0 Å². The Labute approximate surface area is 110 Å². The van der Waals surface area contributed by atoms with E-state index in [9.17, 15) is 4.39 Å². The van der Waals surface area contributed by atoms with Gasteiger partial charge in [-0.2, -0.15) is 5.26 Å². The zero-order valence-electron chi connectivity index (χ0n) is 10.5. The van der Waals surface area contributed by atoms with Gasteiger partial charge in [0.1, 0.15) is 16.2 Å². The van der Waals surface area contributed by atoms with Crippen molar-refractivity contribution in [3.8, 4) is 17.3 Å². The van der Waals surface area contributed by atoms with E-state index < -0.39 is 5.41 Å². The normalized spacial score (nSPS) is 11.3. The fraction of sp³-hybridized carbons (Fsp3) is 0.286. The number of aromatic nitrogens is 1. The Bertz CT molecular complexity index is 623. The van der Waals surface area contributed by atoms with Crippen molar-refractivity contribution < 1.29 is 4.39 Å². The smallest absolute Gasteiger partial charge is 0.123 e. The van der Waals surface area contributed by atoms with Crippen LogP contribution < -0.4 is 0 Å². The van der Waals surface area contributed by atoms with E-state index in [-0.39, 0.29) is 5.82 Å². The number of nitrogens with zero attached hydrogens (tertiary/aromatic N) is 2. The second-order valence-electron chi connectivity index (χ2n) is 4.67. The summed E-state index contributed by atoms with van der Waals surface area (Å²) in [7, 11) is 0. The molecule has 1 aromatic heterocycles. The van der Waals surface area contributed by atoms with Crippen LogP contribution in [0.3, 0.4) is 0 Å². The molecule has 0 aliphatic rings. The molecule has 0 saturated heterocycles. The van der Waals surface area contributed by atoms with Gasteiger partial charge in [0.2, 0.25) is 0 Å². The zero-order valence-corrected chi connectivity index (χ0v) is 11.3. The van der Waals surface area contributed by atoms with Crippen molar-refractivity contribution in [3.05, 3.63) is 40.0 Å². The molecule has 0 bridgehead atoms. The molecule has 18 heavy (non-hydrogen) atoms. The second kappa shape index (κ2) is 4.51. The first-order valence-electron chi connectivity index (χ1n) is 5.59. The monoisotopic (exact) mass is 260 g/mol. The van der Waals surface area contributed by atoms with E-state index in [4.69, 9.17) is 5.26 Å². The minimum atomic E-state index is -0.610. The molecule has 1 aromatic carbocycles. The molecule has 1 heterocycles. The topological polar surface area (TPSA) is 36.7 Å². The van der Waals surface area contributed by atoms with Crippen LogP contribution in [0.5, 0.6) is 0 Å². The molecule has 4 heteroatoms. The third-order valence-electron chi connectivity index (χ3n) is 2.71. The summed E-state index contributed by atoms with van der Waals surface area (Å²) in [5, 5.41) is 9.88. The highest BCUT2D eigenvalue weighted by molar-refractivity contribution is 7.12. The van der Waals surface area contributed by atoms with Gasteiger partial charge in [-0.3, -0.25) is 0 Å². The van der Waals surface area contributed by atoms with Crippen LogP contribution in [0.25, 0.3) is 11.3 Å². The third-order valence-corrected chi connectivity index (χ3v) is 4.00. The van der Waals surface area contributed by atoms with Crippen molar-refractivity contribution in [1.82, 2.24) is 4.98 Å². The molecule has 92 valence electrons. The standard InChI is InChI=1S/C14H13FN2S/c1-9-12(10-5-4-6-11(15)7-10)17-13(18-9)14(2,3)8-16/h4-7H,1-3H3. The zero-order chi connectivity index (χ0) is 13.3. The van der Waals surface area contributed by atoms with E-state index in [2.05, 4.69) is 11.1 Å². The lowest BCUT2D eigenvalue weighted by atomic mass is 9.97.